The first kappa shape index (κ1) is 24.7. The third-order valence-corrected chi connectivity index (χ3v) is 6.34. The first-order valence-electron chi connectivity index (χ1n) is 11.6. The number of hydrogen-bond donors (Lipinski definition) is 1. The average Bonchev–Trinajstić information content (AvgIpc) is 2.67. The number of esters is 1. The van der Waals surface area contributed by atoms with Crippen LogP contribution >= 0.6 is 0 Å². The van der Waals surface area contributed by atoms with Crippen molar-refractivity contribution in [2.24, 2.45) is 5.92 Å². The van der Waals surface area contributed by atoms with Crippen LogP contribution in [0, 0.1) is 5.92 Å². The molecule has 5 heteroatoms. The molecule has 0 radical (unpaired) electrons. The monoisotopic (exact) mass is 442 g/mol. The van der Waals surface area contributed by atoms with Gasteiger partial charge >= 0.3 is 5.97 Å². The largest absolute Gasteiger partial charge is 0.458 e. The molecule has 0 saturated carbocycles. The van der Waals surface area contributed by atoms with E-state index in [4.69, 9.17) is 14.2 Å². The summed E-state index contributed by atoms with van der Waals surface area (Å²) in [5, 5.41) is 10.2. The number of ether oxygens (including phenoxy) is 3. The maximum Gasteiger partial charge on any atom is 0.303 e. The Morgan fingerprint density at radius 1 is 1.22 bits per heavy atom. The van der Waals surface area contributed by atoms with Gasteiger partial charge in [0, 0.05) is 12.8 Å². The molecule has 5 nitrogen and oxygen atoms in total. The molecule has 0 unspecified atom stereocenters. The van der Waals surface area contributed by atoms with Crippen LogP contribution in [0.4, 0.5) is 0 Å². The van der Waals surface area contributed by atoms with Gasteiger partial charge in [0.1, 0.15) is 6.10 Å². The molecule has 0 amide bonds. The van der Waals surface area contributed by atoms with Crippen LogP contribution in [0.15, 0.2) is 58.2 Å². The molecule has 1 aliphatic carbocycles. The maximum absolute atomic E-state index is 11.5. The summed E-state index contributed by atoms with van der Waals surface area (Å²) in [5.74, 6) is -1.33. The molecule has 0 saturated heterocycles. The van der Waals surface area contributed by atoms with E-state index in [9.17, 15) is 9.90 Å². The first-order chi connectivity index (χ1) is 15.1. The lowest BCUT2D eigenvalue weighted by atomic mass is 9.78. The topological polar surface area (TPSA) is 65.0 Å². The number of rotatable bonds is 6. The fourth-order valence-corrected chi connectivity index (χ4v) is 4.88. The number of carbonyl (C=O) groups is 1. The zero-order valence-corrected chi connectivity index (χ0v) is 20.3. The quantitative estimate of drug-likeness (QED) is 0.445. The summed E-state index contributed by atoms with van der Waals surface area (Å²) in [6.07, 6.45) is 13.3. The van der Waals surface area contributed by atoms with E-state index in [0.717, 1.165) is 30.4 Å². The highest BCUT2D eigenvalue weighted by molar-refractivity contribution is 5.66. The van der Waals surface area contributed by atoms with Gasteiger partial charge in [-0.1, -0.05) is 34.9 Å². The van der Waals surface area contributed by atoms with E-state index in [1.807, 2.05) is 25.2 Å². The molecular weight excluding hydrogens is 404 g/mol. The fraction of sp³-hybridized carbons (Fsp3) is 0.593. The molecule has 0 bridgehead atoms. The van der Waals surface area contributed by atoms with E-state index < -0.39 is 5.79 Å². The molecule has 2 heterocycles. The van der Waals surface area contributed by atoms with Crippen LogP contribution in [0.3, 0.4) is 0 Å². The predicted molar refractivity (Wildman–Crippen MR) is 126 cm³/mol. The average molecular weight is 443 g/mol. The Hall–Kier alpha value is -1.95. The van der Waals surface area contributed by atoms with Crippen LogP contribution in [0.5, 0.6) is 0 Å². The molecule has 2 aliphatic heterocycles. The van der Waals surface area contributed by atoms with Crippen molar-refractivity contribution in [1.29, 1.82) is 0 Å². The zero-order valence-electron chi connectivity index (χ0n) is 20.3. The molecular formula is C27H38O5. The third kappa shape index (κ3) is 6.09. The van der Waals surface area contributed by atoms with E-state index in [1.54, 1.807) is 0 Å². The van der Waals surface area contributed by atoms with Crippen molar-refractivity contribution in [2.75, 3.05) is 6.61 Å². The highest BCUT2D eigenvalue weighted by Crippen LogP contribution is 2.43. The van der Waals surface area contributed by atoms with Crippen LogP contribution in [-0.4, -0.2) is 41.8 Å². The van der Waals surface area contributed by atoms with Crippen LogP contribution in [0.1, 0.15) is 67.2 Å². The fourth-order valence-electron chi connectivity index (χ4n) is 4.88. The van der Waals surface area contributed by atoms with Crippen LogP contribution in [0.25, 0.3) is 0 Å². The Morgan fingerprint density at radius 3 is 2.62 bits per heavy atom. The lowest BCUT2D eigenvalue weighted by Crippen LogP contribution is -2.49. The van der Waals surface area contributed by atoms with E-state index in [2.05, 4.69) is 39.8 Å². The highest BCUT2D eigenvalue weighted by Gasteiger charge is 2.46. The van der Waals surface area contributed by atoms with Crippen molar-refractivity contribution in [3.63, 3.8) is 0 Å². The number of carbonyl (C=O) groups excluding carboxylic acids is 1. The second-order valence-corrected chi connectivity index (χ2v) is 9.72. The smallest absolute Gasteiger partial charge is 0.303 e. The number of hydrogen-bond acceptors (Lipinski definition) is 5. The molecule has 176 valence electrons. The summed E-state index contributed by atoms with van der Waals surface area (Å²) in [6.45, 7) is 11.8. The van der Waals surface area contributed by atoms with Crippen molar-refractivity contribution in [2.45, 2.75) is 91.3 Å². The molecule has 0 fully saturated rings. The van der Waals surface area contributed by atoms with Crippen molar-refractivity contribution in [3.8, 4) is 0 Å². The summed E-state index contributed by atoms with van der Waals surface area (Å²) < 4.78 is 18.5. The van der Waals surface area contributed by atoms with Gasteiger partial charge in [0.25, 0.3) is 0 Å². The van der Waals surface area contributed by atoms with Gasteiger partial charge in [0.05, 0.1) is 18.8 Å². The predicted octanol–water partition coefficient (Wildman–Crippen LogP) is 5.33. The van der Waals surface area contributed by atoms with Gasteiger partial charge in [0.2, 0.25) is 5.79 Å². The van der Waals surface area contributed by atoms with Crippen molar-refractivity contribution in [3.05, 3.63) is 58.2 Å². The Bertz CT molecular complexity index is 870. The number of aliphatic hydroxyl groups is 1. The third-order valence-electron chi connectivity index (χ3n) is 6.34. The number of fused-ring (bicyclic) bond motifs is 1. The molecule has 0 aromatic rings. The van der Waals surface area contributed by atoms with Crippen LogP contribution < -0.4 is 0 Å². The number of allylic oxidation sites excluding steroid dienone is 3. The highest BCUT2D eigenvalue weighted by atomic mass is 16.7. The van der Waals surface area contributed by atoms with Gasteiger partial charge in [-0.25, -0.2) is 0 Å². The molecule has 1 spiro atoms. The van der Waals surface area contributed by atoms with Crippen LogP contribution in [0.2, 0.25) is 0 Å². The number of aliphatic hydroxyl groups excluding tert-OH is 1. The zero-order chi connectivity index (χ0) is 23.5. The minimum Gasteiger partial charge on any atom is -0.458 e. The minimum absolute atomic E-state index is 0.0438. The lowest BCUT2D eigenvalue weighted by Gasteiger charge is -2.46. The lowest BCUT2D eigenvalue weighted by molar-refractivity contribution is -0.227. The summed E-state index contributed by atoms with van der Waals surface area (Å²) in [7, 11) is 0. The van der Waals surface area contributed by atoms with Gasteiger partial charge < -0.3 is 19.3 Å². The van der Waals surface area contributed by atoms with Gasteiger partial charge in [-0.2, -0.15) is 0 Å². The SMILES string of the molecule is CC(=O)O[C@@H]1C[C@H]2C(CO)=C[C@@]3(C=C(C)C[C@H](C=C(C)CCC=C(C)C)O3)O[C@H]2C=C1C. The molecule has 0 aromatic carbocycles. The van der Waals surface area contributed by atoms with Gasteiger partial charge in [-0.05, 0) is 83.6 Å². The molecule has 3 aliphatic rings. The second-order valence-electron chi connectivity index (χ2n) is 9.72. The van der Waals surface area contributed by atoms with E-state index in [1.165, 1.54) is 23.6 Å². The van der Waals surface area contributed by atoms with Crippen molar-refractivity contribution < 1.29 is 24.1 Å². The Labute approximate surface area is 192 Å². The second kappa shape index (κ2) is 10.3. The Kier molecular flexibility index (Phi) is 7.97. The molecule has 5 atom stereocenters. The Morgan fingerprint density at radius 2 is 1.97 bits per heavy atom. The minimum atomic E-state index is -0.992. The normalized spacial score (nSPS) is 32.5. The summed E-state index contributed by atoms with van der Waals surface area (Å²) in [5.41, 5.74) is 5.68. The summed E-state index contributed by atoms with van der Waals surface area (Å²) in [6, 6.07) is 0. The van der Waals surface area contributed by atoms with Gasteiger partial charge in [0.15, 0.2) is 0 Å². The maximum atomic E-state index is 11.5. The molecule has 32 heavy (non-hydrogen) atoms. The summed E-state index contributed by atoms with van der Waals surface area (Å²) in [4.78, 5) is 11.5. The first-order valence-corrected chi connectivity index (χ1v) is 11.6. The molecule has 3 rings (SSSR count). The van der Waals surface area contributed by atoms with Crippen molar-refractivity contribution >= 4 is 5.97 Å². The van der Waals surface area contributed by atoms with E-state index >= 15 is 0 Å². The van der Waals surface area contributed by atoms with Crippen LogP contribution in [-0.2, 0) is 19.0 Å². The molecule has 1 N–H and O–H groups in total. The van der Waals surface area contributed by atoms with E-state index in [-0.39, 0.29) is 36.8 Å². The van der Waals surface area contributed by atoms with E-state index in [0.29, 0.717) is 6.42 Å². The Balaban J connectivity index is 1.82. The van der Waals surface area contributed by atoms with Gasteiger partial charge in [-0.15, -0.1) is 0 Å². The summed E-state index contributed by atoms with van der Waals surface area (Å²) >= 11 is 0. The van der Waals surface area contributed by atoms with Crippen molar-refractivity contribution in [1.82, 2.24) is 0 Å². The molecule has 0 aromatic heterocycles. The van der Waals surface area contributed by atoms with Gasteiger partial charge in [-0.3, -0.25) is 4.79 Å². The standard InChI is InChI=1S/C27H38O5/c1-17(2)8-7-9-18(3)10-23-11-19(4)14-27(31-23)15-22(16-28)24-13-25(30-21(6)29)20(5)12-26(24)32-27/h8,10,12,14-15,23-26,28H,7,9,11,13,16H2,1-6H3/t23-,24-,25+,26-,27+/m0/s1.